The van der Waals surface area contributed by atoms with Gasteiger partial charge in [-0.2, -0.15) is 0 Å². The van der Waals surface area contributed by atoms with Gasteiger partial charge in [0.2, 0.25) is 0 Å². The standard InChI is InChI=1S/C21H28N2O2/c1-4-19-21(25-12-8-11-23(2)3)18-15-24-14-17(18)20(22-19)13-16-9-6-5-7-10-16/h5-7,9-10H,4,8,11-15H2,1-3H3. The molecule has 0 radical (unpaired) electrons. The Morgan fingerprint density at radius 2 is 1.84 bits per heavy atom. The fraction of sp³-hybridized carbons (Fsp3) is 0.476. The molecule has 2 heterocycles. The smallest absolute Gasteiger partial charge is 0.146 e. The summed E-state index contributed by atoms with van der Waals surface area (Å²) in [5.41, 5.74) is 5.91. The quantitative estimate of drug-likeness (QED) is 0.688. The SMILES string of the molecule is CCc1nc(Cc2ccccc2)c2c(c1OCCCN(C)C)COC2. The van der Waals surface area contributed by atoms with Crippen LogP contribution < -0.4 is 4.74 Å². The molecule has 2 aromatic rings. The molecule has 1 aromatic carbocycles. The van der Waals surface area contributed by atoms with Crippen LogP contribution in [0.2, 0.25) is 0 Å². The fourth-order valence-corrected chi connectivity index (χ4v) is 3.25. The molecule has 0 saturated heterocycles. The number of aryl methyl sites for hydroxylation is 1. The van der Waals surface area contributed by atoms with Crippen molar-refractivity contribution in [2.45, 2.75) is 39.4 Å². The molecule has 0 N–H and O–H groups in total. The molecule has 25 heavy (non-hydrogen) atoms. The average molecular weight is 340 g/mol. The second-order valence-electron chi connectivity index (χ2n) is 6.81. The summed E-state index contributed by atoms with van der Waals surface area (Å²) in [7, 11) is 4.17. The van der Waals surface area contributed by atoms with Gasteiger partial charge in [-0.3, -0.25) is 4.98 Å². The first-order valence-corrected chi connectivity index (χ1v) is 9.11. The van der Waals surface area contributed by atoms with Gasteiger partial charge in [0.25, 0.3) is 0 Å². The molecular weight excluding hydrogens is 312 g/mol. The first-order valence-electron chi connectivity index (χ1n) is 9.11. The second kappa shape index (κ2) is 8.45. The van der Waals surface area contributed by atoms with Gasteiger partial charge in [0.15, 0.2) is 0 Å². The van der Waals surface area contributed by atoms with E-state index in [1.807, 2.05) is 6.07 Å². The normalized spacial score (nSPS) is 13.3. The summed E-state index contributed by atoms with van der Waals surface area (Å²) >= 11 is 0. The molecule has 1 aliphatic heterocycles. The summed E-state index contributed by atoms with van der Waals surface area (Å²) in [5.74, 6) is 0.963. The highest BCUT2D eigenvalue weighted by molar-refractivity contribution is 5.47. The number of hydrogen-bond acceptors (Lipinski definition) is 4. The molecule has 0 unspecified atom stereocenters. The Bertz CT molecular complexity index is 699. The highest BCUT2D eigenvalue weighted by atomic mass is 16.5. The van der Waals surface area contributed by atoms with Crippen molar-refractivity contribution < 1.29 is 9.47 Å². The van der Waals surface area contributed by atoms with E-state index in [9.17, 15) is 0 Å². The Labute approximate surface area is 150 Å². The van der Waals surface area contributed by atoms with Crippen molar-refractivity contribution in [3.63, 3.8) is 0 Å². The molecule has 0 spiro atoms. The number of rotatable bonds is 8. The zero-order valence-corrected chi connectivity index (χ0v) is 15.5. The van der Waals surface area contributed by atoms with Crippen LogP contribution in [0.3, 0.4) is 0 Å². The van der Waals surface area contributed by atoms with E-state index >= 15 is 0 Å². The number of ether oxygens (including phenoxy) is 2. The molecule has 0 fully saturated rings. The zero-order chi connectivity index (χ0) is 17.6. The molecule has 4 heteroatoms. The van der Waals surface area contributed by atoms with Crippen LogP contribution in [0.1, 0.15) is 41.4 Å². The van der Waals surface area contributed by atoms with Gasteiger partial charge in [-0.25, -0.2) is 0 Å². The van der Waals surface area contributed by atoms with E-state index in [-0.39, 0.29) is 0 Å². The lowest BCUT2D eigenvalue weighted by Gasteiger charge is -2.17. The van der Waals surface area contributed by atoms with E-state index in [1.54, 1.807) is 0 Å². The lowest BCUT2D eigenvalue weighted by Crippen LogP contribution is -2.16. The van der Waals surface area contributed by atoms with Gasteiger partial charge in [0.05, 0.1) is 31.2 Å². The molecule has 134 valence electrons. The van der Waals surface area contributed by atoms with Crippen LogP contribution >= 0.6 is 0 Å². The molecule has 4 nitrogen and oxygen atoms in total. The Hall–Kier alpha value is -1.91. The van der Waals surface area contributed by atoms with Crippen molar-refractivity contribution in [2.75, 3.05) is 27.2 Å². The maximum Gasteiger partial charge on any atom is 0.146 e. The lowest BCUT2D eigenvalue weighted by atomic mass is 10.0. The summed E-state index contributed by atoms with van der Waals surface area (Å²) in [4.78, 5) is 7.14. The largest absolute Gasteiger partial charge is 0.491 e. The summed E-state index contributed by atoms with van der Waals surface area (Å²) in [6.45, 7) is 5.17. The summed E-state index contributed by atoms with van der Waals surface area (Å²) in [6, 6.07) is 10.5. The minimum Gasteiger partial charge on any atom is -0.491 e. The van der Waals surface area contributed by atoms with Crippen LogP contribution in [-0.2, 0) is 30.8 Å². The third kappa shape index (κ3) is 4.39. The van der Waals surface area contributed by atoms with Crippen LogP contribution in [0.4, 0.5) is 0 Å². The molecule has 3 rings (SSSR count). The lowest BCUT2D eigenvalue weighted by molar-refractivity contribution is 0.132. The molecule has 0 bridgehead atoms. The van der Waals surface area contributed by atoms with Gasteiger partial charge in [0, 0.05) is 24.1 Å². The summed E-state index contributed by atoms with van der Waals surface area (Å²) in [5, 5.41) is 0. The third-order valence-corrected chi connectivity index (χ3v) is 4.56. The minimum atomic E-state index is 0.635. The van der Waals surface area contributed by atoms with Crippen LogP contribution in [0, 0.1) is 0 Å². The van der Waals surface area contributed by atoms with Crippen molar-refractivity contribution in [1.82, 2.24) is 9.88 Å². The number of aromatic nitrogens is 1. The predicted octanol–water partition coefficient (Wildman–Crippen LogP) is 3.60. The number of pyridine rings is 1. The number of fused-ring (bicyclic) bond motifs is 1. The molecular formula is C21H28N2O2. The summed E-state index contributed by atoms with van der Waals surface area (Å²) < 4.78 is 11.9. The Morgan fingerprint density at radius 3 is 2.56 bits per heavy atom. The molecule has 0 atom stereocenters. The maximum atomic E-state index is 6.16. The van der Waals surface area contributed by atoms with E-state index in [4.69, 9.17) is 14.5 Å². The second-order valence-corrected chi connectivity index (χ2v) is 6.81. The molecule has 0 amide bonds. The van der Waals surface area contributed by atoms with Crippen molar-refractivity contribution in [2.24, 2.45) is 0 Å². The Kier molecular flexibility index (Phi) is 6.05. The zero-order valence-electron chi connectivity index (χ0n) is 15.5. The average Bonchev–Trinajstić information content (AvgIpc) is 3.10. The molecule has 1 aromatic heterocycles. The monoisotopic (exact) mass is 340 g/mol. The topological polar surface area (TPSA) is 34.6 Å². The summed E-state index contributed by atoms with van der Waals surface area (Å²) in [6.07, 6.45) is 2.73. The van der Waals surface area contributed by atoms with Gasteiger partial charge >= 0.3 is 0 Å². The van der Waals surface area contributed by atoms with Crippen molar-refractivity contribution >= 4 is 0 Å². The first kappa shape index (κ1) is 17.9. The number of hydrogen-bond donors (Lipinski definition) is 0. The van der Waals surface area contributed by atoms with Crippen LogP contribution in [0.15, 0.2) is 30.3 Å². The van der Waals surface area contributed by atoms with Crippen LogP contribution in [0.25, 0.3) is 0 Å². The first-order chi connectivity index (χ1) is 12.2. The van der Waals surface area contributed by atoms with Crippen LogP contribution in [0.5, 0.6) is 5.75 Å². The van der Waals surface area contributed by atoms with Crippen LogP contribution in [-0.4, -0.2) is 37.1 Å². The van der Waals surface area contributed by atoms with Crippen molar-refractivity contribution in [1.29, 1.82) is 0 Å². The van der Waals surface area contributed by atoms with Crippen molar-refractivity contribution in [3.05, 3.63) is 58.4 Å². The van der Waals surface area contributed by atoms with Gasteiger partial charge in [-0.15, -0.1) is 0 Å². The van der Waals surface area contributed by atoms with E-state index in [0.717, 1.165) is 49.6 Å². The molecule has 1 aliphatic rings. The van der Waals surface area contributed by atoms with E-state index in [0.29, 0.717) is 13.2 Å². The van der Waals surface area contributed by atoms with E-state index in [2.05, 4.69) is 50.2 Å². The highest BCUT2D eigenvalue weighted by Crippen LogP contribution is 2.35. The van der Waals surface area contributed by atoms with Crippen molar-refractivity contribution in [3.8, 4) is 5.75 Å². The number of benzene rings is 1. The third-order valence-electron chi connectivity index (χ3n) is 4.56. The fourth-order valence-electron chi connectivity index (χ4n) is 3.25. The van der Waals surface area contributed by atoms with Gasteiger partial charge < -0.3 is 14.4 Å². The Morgan fingerprint density at radius 1 is 1.08 bits per heavy atom. The van der Waals surface area contributed by atoms with E-state index in [1.165, 1.54) is 16.7 Å². The van der Waals surface area contributed by atoms with Gasteiger partial charge in [-0.05, 0) is 32.5 Å². The minimum absolute atomic E-state index is 0.635. The Balaban J connectivity index is 1.83. The number of nitrogens with zero attached hydrogens (tertiary/aromatic N) is 2. The predicted molar refractivity (Wildman–Crippen MR) is 100 cm³/mol. The van der Waals surface area contributed by atoms with E-state index < -0.39 is 0 Å². The molecule has 0 aliphatic carbocycles. The van der Waals surface area contributed by atoms with Gasteiger partial charge in [0.1, 0.15) is 5.75 Å². The highest BCUT2D eigenvalue weighted by Gasteiger charge is 2.24. The molecule has 0 saturated carbocycles. The van der Waals surface area contributed by atoms with Gasteiger partial charge in [-0.1, -0.05) is 37.3 Å². The maximum absolute atomic E-state index is 6.16.